The van der Waals surface area contributed by atoms with Crippen molar-refractivity contribution in [3.8, 4) is 5.69 Å². The van der Waals surface area contributed by atoms with Gasteiger partial charge in [-0.25, -0.2) is 0 Å². The van der Waals surface area contributed by atoms with E-state index in [2.05, 4.69) is 66.2 Å². The third-order valence-electron chi connectivity index (χ3n) is 2.47. The molecule has 2 rings (SSSR count). The second-order valence-electron chi connectivity index (χ2n) is 3.56. The second kappa shape index (κ2) is 5.25. The van der Waals surface area contributed by atoms with Crippen molar-refractivity contribution in [2.75, 3.05) is 0 Å². The van der Waals surface area contributed by atoms with Crippen LogP contribution in [0.3, 0.4) is 0 Å². The van der Waals surface area contributed by atoms with Crippen LogP contribution in [-0.4, -0.2) is 4.57 Å². The Bertz CT molecular complexity index is 620. The molecule has 0 spiro atoms. The molecular weight excluding hydrogens is 450 g/mol. The first-order chi connectivity index (χ1) is 7.91. The summed E-state index contributed by atoms with van der Waals surface area (Å²) in [5.74, 6) is 0. The maximum Gasteiger partial charge on any atom is 0.166 e. The van der Waals surface area contributed by atoms with Crippen LogP contribution in [0.4, 0.5) is 0 Å². The van der Waals surface area contributed by atoms with E-state index in [1.807, 2.05) is 12.1 Å². The molecule has 0 radical (unpaired) electrons. The molecule has 0 saturated carbocycles. The third kappa shape index (κ3) is 2.61. The molecule has 0 N–H and O–H groups in total. The van der Waals surface area contributed by atoms with E-state index < -0.39 is 0 Å². The van der Waals surface area contributed by atoms with Gasteiger partial charge in [0, 0.05) is 24.0 Å². The highest BCUT2D eigenvalue weighted by atomic mass is 79.9. The molecule has 0 fully saturated rings. The minimum atomic E-state index is 0.865. The Kier molecular flexibility index (Phi) is 4.30. The Balaban J connectivity index is 2.82. The summed E-state index contributed by atoms with van der Waals surface area (Å²) in [5.41, 5.74) is 2.24. The van der Waals surface area contributed by atoms with Crippen molar-refractivity contribution in [2.45, 2.75) is 13.8 Å². The Morgan fingerprint density at radius 3 is 2.06 bits per heavy atom. The van der Waals surface area contributed by atoms with Crippen molar-refractivity contribution in [3.63, 3.8) is 0 Å². The fourth-order valence-electron chi connectivity index (χ4n) is 1.55. The van der Waals surface area contributed by atoms with Crippen molar-refractivity contribution >= 4 is 71.3 Å². The van der Waals surface area contributed by atoms with Crippen molar-refractivity contribution < 1.29 is 0 Å². The fourth-order valence-corrected chi connectivity index (χ4v) is 5.59. The van der Waals surface area contributed by atoms with E-state index in [0.717, 1.165) is 23.1 Å². The molecule has 0 saturated heterocycles. The molecule has 90 valence electrons. The van der Waals surface area contributed by atoms with Gasteiger partial charge in [-0.05, 0) is 70.1 Å². The SMILES string of the molecule is Cc1sc(=S)n(-c2c(Br)cc(Br)cc2Br)c1C. The Labute approximate surface area is 134 Å². The summed E-state index contributed by atoms with van der Waals surface area (Å²) >= 11 is 17.7. The first-order valence-corrected chi connectivity index (χ1v) is 8.36. The first kappa shape index (κ1) is 13.9. The monoisotopic (exact) mass is 455 g/mol. The highest BCUT2D eigenvalue weighted by Gasteiger charge is 2.14. The third-order valence-corrected chi connectivity index (χ3v) is 5.53. The van der Waals surface area contributed by atoms with Crippen molar-refractivity contribution in [2.24, 2.45) is 0 Å². The van der Waals surface area contributed by atoms with E-state index in [-0.39, 0.29) is 0 Å². The smallest absolute Gasteiger partial charge is 0.166 e. The average molecular weight is 458 g/mol. The van der Waals surface area contributed by atoms with Gasteiger partial charge in [0.15, 0.2) is 3.95 Å². The molecule has 1 heterocycles. The molecular formula is C11H8Br3NS2. The van der Waals surface area contributed by atoms with Crippen LogP contribution in [0.5, 0.6) is 0 Å². The van der Waals surface area contributed by atoms with Crippen LogP contribution in [0.2, 0.25) is 0 Å². The average Bonchev–Trinajstić information content (AvgIpc) is 2.43. The van der Waals surface area contributed by atoms with Crippen LogP contribution < -0.4 is 0 Å². The van der Waals surface area contributed by atoms with Gasteiger partial charge in [-0.15, -0.1) is 11.3 Å². The minimum Gasteiger partial charge on any atom is -0.294 e. The summed E-state index contributed by atoms with van der Waals surface area (Å²) in [4.78, 5) is 1.25. The lowest BCUT2D eigenvalue weighted by Gasteiger charge is -2.11. The minimum absolute atomic E-state index is 0.865. The molecule has 1 aromatic heterocycles. The molecule has 0 unspecified atom stereocenters. The summed E-state index contributed by atoms with van der Waals surface area (Å²) < 4.78 is 6.00. The van der Waals surface area contributed by atoms with Gasteiger partial charge < -0.3 is 0 Å². The van der Waals surface area contributed by atoms with Gasteiger partial charge >= 0.3 is 0 Å². The van der Waals surface area contributed by atoms with Crippen molar-refractivity contribution in [1.82, 2.24) is 4.57 Å². The number of hydrogen-bond acceptors (Lipinski definition) is 2. The van der Waals surface area contributed by atoms with Gasteiger partial charge in [-0.3, -0.25) is 4.57 Å². The molecule has 17 heavy (non-hydrogen) atoms. The van der Waals surface area contributed by atoms with Crippen molar-refractivity contribution in [1.29, 1.82) is 0 Å². The predicted molar refractivity (Wildman–Crippen MR) is 87.1 cm³/mol. The first-order valence-electron chi connectivity index (χ1n) is 4.75. The largest absolute Gasteiger partial charge is 0.294 e. The molecule has 0 amide bonds. The summed E-state index contributed by atoms with van der Waals surface area (Å²) in [6.45, 7) is 4.18. The Hall–Kier alpha value is 0.510. The Morgan fingerprint density at radius 1 is 1.12 bits per heavy atom. The van der Waals surface area contributed by atoms with E-state index in [1.54, 1.807) is 11.3 Å². The number of thiazole rings is 1. The van der Waals surface area contributed by atoms with Crippen LogP contribution in [-0.2, 0) is 0 Å². The van der Waals surface area contributed by atoms with Crippen molar-refractivity contribution in [3.05, 3.63) is 40.1 Å². The number of nitrogens with zero attached hydrogens (tertiary/aromatic N) is 1. The van der Waals surface area contributed by atoms with E-state index in [9.17, 15) is 0 Å². The molecule has 0 aliphatic heterocycles. The fraction of sp³-hybridized carbons (Fsp3) is 0.182. The number of rotatable bonds is 1. The molecule has 1 nitrogen and oxygen atoms in total. The van der Waals surface area contributed by atoms with Crippen LogP contribution in [0, 0.1) is 17.8 Å². The summed E-state index contributed by atoms with van der Waals surface area (Å²) in [7, 11) is 0. The van der Waals surface area contributed by atoms with E-state index in [0.29, 0.717) is 0 Å². The molecule has 6 heteroatoms. The topological polar surface area (TPSA) is 4.93 Å². The van der Waals surface area contributed by atoms with Gasteiger partial charge in [0.2, 0.25) is 0 Å². The molecule has 0 aliphatic rings. The van der Waals surface area contributed by atoms with Gasteiger partial charge in [0.1, 0.15) is 0 Å². The predicted octanol–water partition coefficient (Wildman–Crippen LogP) is 6.17. The highest BCUT2D eigenvalue weighted by Crippen LogP contribution is 2.35. The summed E-state index contributed by atoms with van der Waals surface area (Å²) in [6, 6.07) is 4.04. The number of halogens is 3. The van der Waals surface area contributed by atoms with Crippen LogP contribution in [0.1, 0.15) is 10.6 Å². The highest BCUT2D eigenvalue weighted by molar-refractivity contribution is 9.11. The van der Waals surface area contributed by atoms with E-state index in [4.69, 9.17) is 12.2 Å². The lowest BCUT2D eigenvalue weighted by Crippen LogP contribution is -1.99. The molecule has 1 aromatic carbocycles. The molecule has 2 aromatic rings. The summed E-state index contributed by atoms with van der Waals surface area (Å²) in [5, 5.41) is 0. The normalized spacial score (nSPS) is 10.9. The number of benzene rings is 1. The molecule has 0 aliphatic carbocycles. The van der Waals surface area contributed by atoms with Gasteiger partial charge in [0.05, 0.1) is 5.69 Å². The lowest BCUT2D eigenvalue weighted by molar-refractivity contribution is 0.981. The van der Waals surface area contributed by atoms with Gasteiger partial charge in [-0.1, -0.05) is 15.9 Å². The zero-order chi connectivity index (χ0) is 12.7. The van der Waals surface area contributed by atoms with Gasteiger partial charge in [0.25, 0.3) is 0 Å². The standard InChI is InChI=1S/C11H8Br3NS2/c1-5-6(2)17-11(16)15(5)10-8(13)3-7(12)4-9(10)14/h3-4H,1-2H3. The maximum atomic E-state index is 5.42. The summed E-state index contributed by atoms with van der Waals surface area (Å²) in [6.07, 6.45) is 0. The van der Waals surface area contributed by atoms with Crippen LogP contribution >= 0.6 is 71.3 Å². The quantitative estimate of drug-likeness (QED) is 0.463. The van der Waals surface area contributed by atoms with E-state index in [1.165, 1.54) is 10.6 Å². The van der Waals surface area contributed by atoms with Crippen LogP contribution in [0.15, 0.2) is 25.6 Å². The zero-order valence-electron chi connectivity index (χ0n) is 9.05. The molecule has 0 bridgehead atoms. The molecule has 0 atom stereocenters. The zero-order valence-corrected chi connectivity index (χ0v) is 15.4. The lowest BCUT2D eigenvalue weighted by atomic mass is 10.3. The Morgan fingerprint density at radius 2 is 1.65 bits per heavy atom. The number of aromatic nitrogens is 1. The van der Waals surface area contributed by atoms with Gasteiger partial charge in [-0.2, -0.15) is 0 Å². The second-order valence-corrected chi connectivity index (χ2v) is 8.04. The number of hydrogen-bond donors (Lipinski definition) is 0. The number of aryl methyl sites for hydroxylation is 1. The maximum absolute atomic E-state index is 5.42. The van der Waals surface area contributed by atoms with E-state index >= 15 is 0 Å². The van der Waals surface area contributed by atoms with Crippen LogP contribution in [0.25, 0.3) is 5.69 Å².